The van der Waals surface area contributed by atoms with Crippen LogP contribution in [0.2, 0.25) is 0 Å². The van der Waals surface area contributed by atoms with Gasteiger partial charge in [-0.3, -0.25) is 19.8 Å². The predicted molar refractivity (Wildman–Crippen MR) is 72.8 cm³/mol. The lowest BCUT2D eigenvalue weighted by Crippen LogP contribution is -2.16. The van der Waals surface area contributed by atoms with Gasteiger partial charge >= 0.3 is 5.69 Å². The molecular formula is C12H10FN3O4S. The molecule has 1 heterocycles. The predicted octanol–water partition coefficient (Wildman–Crippen LogP) is 2.24. The zero-order valence-corrected chi connectivity index (χ0v) is 11.6. The first-order valence-corrected chi connectivity index (χ1v) is 7.17. The summed E-state index contributed by atoms with van der Waals surface area (Å²) in [7, 11) is -4.29. The van der Waals surface area contributed by atoms with Gasteiger partial charge < -0.3 is 0 Å². The van der Waals surface area contributed by atoms with Crippen LogP contribution in [-0.4, -0.2) is 18.3 Å². The second-order valence-electron chi connectivity index (χ2n) is 4.14. The number of rotatable bonds is 4. The molecule has 9 heteroatoms. The van der Waals surface area contributed by atoms with Crippen LogP contribution in [0.15, 0.2) is 41.6 Å². The number of aromatic nitrogens is 1. The van der Waals surface area contributed by atoms with Crippen molar-refractivity contribution in [2.75, 3.05) is 4.72 Å². The fourth-order valence-electron chi connectivity index (χ4n) is 1.68. The van der Waals surface area contributed by atoms with Gasteiger partial charge in [-0.25, -0.2) is 8.42 Å². The quantitative estimate of drug-likeness (QED) is 0.689. The number of sulfonamides is 1. The molecule has 0 saturated carbocycles. The van der Waals surface area contributed by atoms with E-state index in [-0.39, 0.29) is 5.69 Å². The lowest BCUT2D eigenvalue weighted by atomic mass is 10.3. The van der Waals surface area contributed by atoms with E-state index in [0.29, 0.717) is 5.56 Å². The second-order valence-corrected chi connectivity index (χ2v) is 5.79. The zero-order valence-electron chi connectivity index (χ0n) is 10.8. The minimum absolute atomic E-state index is 0.212. The Bertz CT molecular complexity index is 808. The first-order chi connectivity index (χ1) is 9.83. The Labute approximate surface area is 119 Å². The Morgan fingerprint density at radius 2 is 2.05 bits per heavy atom. The SMILES string of the molecule is Cc1cnccc1NS(=O)(=O)c1cccc(F)c1[N+](=O)[O-]. The number of nitro groups is 1. The molecule has 110 valence electrons. The molecule has 0 unspecified atom stereocenters. The second kappa shape index (κ2) is 5.44. The molecule has 0 saturated heterocycles. The topological polar surface area (TPSA) is 102 Å². The normalized spacial score (nSPS) is 11.1. The van der Waals surface area contributed by atoms with E-state index < -0.39 is 31.3 Å². The first-order valence-electron chi connectivity index (χ1n) is 5.69. The molecule has 1 aromatic carbocycles. The van der Waals surface area contributed by atoms with Crippen LogP contribution in [0.3, 0.4) is 0 Å². The van der Waals surface area contributed by atoms with E-state index >= 15 is 0 Å². The van der Waals surface area contributed by atoms with Crippen molar-refractivity contribution in [2.45, 2.75) is 11.8 Å². The van der Waals surface area contributed by atoms with Gasteiger partial charge in [0.05, 0.1) is 10.6 Å². The van der Waals surface area contributed by atoms with Crippen LogP contribution in [0.25, 0.3) is 0 Å². The van der Waals surface area contributed by atoms with Crippen LogP contribution < -0.4 is 4.72 Å². The highest BCUT2D eigenvalue weighted by atomic mass is 32.2. The van der Waals surface area contributed by atoms with Gasteiger partial charge in [0.15, 0.2) is 4.90 Å². The Kier molecular flexibility index (Phi) is 3.85. The maximum Gasteiger partial charge on any atom is 0.325 e. The summed E-state index contributed by atoms with van der Waals surface area (Å²) >= 11 is 0. The van der Waals surface area contributed by atoms with Crippen molar-refractivity contribution in [3.8, 4) is 0 Å². The summed E-state index contributed by atoms with van der Waals surface area (Å²) in [5, 5.41) is 10.9. The van der Waals surface area contributed by atoms with Crippen molar-refractivity contribution in [2.24, 2.45) is 0 Å². The molecule has 0 aliphatic heterocycles. The molecule has 7 nitrogen and oxygen atoms in total. The monoisotopic (exact) mass is 311 g/mol. The maximum atomic E-state index is 13.5. The molecule has 1 aromatic heterocycles. The average molecular weight is 311 g/mol. The minimum Gasteiger partial charge on any atom is -0.279 e. The molecular weight excluding hydrogens is 301 g/mol. The van der Waals surface area contributed by atoms with E-state index in [1.54, 1.807) is 6.92 Å². The summed E-state index contributed by atoms with van der Waals surface area (Å²) < 4.78 is 40.1. The molecule has 1 N–H and O–H groups in total. The van der Waals surface area contributed by atoms with Gasteiger partial charge in [-0.2, -0.15) is 4.39 Å². The summed E-state index contributed by atoms with van der Waals surface area (Å²) in [5.74, 6) is -1.21. The summed E-state index contributed by atoms with van der Waals surface area (Å²) in [6.07, 6.45) is 2.79. The highest BCUT2D eigenvalue weighted by Crippen LogP contribution is 2.28. The number of nitrogens with zero attached hydrogens (tertiary/aromatic N) is 2. The smallest absolute Gasteiger partial charge is 0.279 e. The lowest BCUT2D eigenvalue weighted by molar-refractivity contribution is -0.390. The molecule has 2 aromatic rings. The number of hydrogen-bond donors (Lipinski definition) is 1. The van der Waals surface area contributed by atoms with Crippen LogP contribution in [0.1, 0.15) is 5.56 Å². The summed E-state index contributed by atoms with van der Waals surface area (Å²) in [4.78, 5) is 12.9. The van der Waals surface area contributed by atoms with Crippen molar-refractivity contribution in [3.63, 3.8) is 0 Å². The molecule has 0 fully saturated rings. The van der Waals surface area contributed by atoms with Gasteiger partial charge in [0.25, 0.3) is 10.0 Å². The molecule has 0 bridgehead atoms. The van der Waals surface area contributed by atoms with Gasteiger partial charge in [0, 0.05) is 12.4 Å². The van der Waals surface area contributed by atoms with Gasteiger partial charge in [0.1, 0.15) is 0 Å². The summed E-state index contributed by atoms with van der Waals surface area (Å²) in [5.41, 5.74) is -0.347. The van der Waals surface area contributed by atoms with Crippen LogP contribution >= 0.6 is 0 Å². The lowest BCUT2D eigenvalue weighted by Gasteiger charge is -2.10. The number of halogens is 1. The highest BCUT2D eigenvalue weighted by molar-refractivity contribution is 7.92. The molecule has 0 spiro atoms. The van der Waals surface area contributed by atoms with Gasteiger partial charge in [-0.05, 0) is 30.7 Å². The van der Waals surface area contributed by atoms with Crippen LogP contribution in [-0.2, 0) is 10.0 Å². The Morgan fingerprint density at radius 3 is 2.67 bits per heavy atom. The Morgan fingerprint density at radius 1 is 1.33 bits per heavy atom. The molecule has 0 radical (unpaired) electrons. The van der Waals surface area contributed by atoms with Crippen LogP contribution in [0.4, 0.5) is 15.8 Å². The van der Waals surface area contributed by atoms with Crippen molar-refractivity contribution in [1.82, 2.24) is 4.98 Å². The number of aryl methyl sites for hydroxylation is 1. The fraction of sp³-hybridized carbons (Fsp3) is 0.0833. The number of nitrogens with one attached hydrogen (secondary N) is 1. The number of anilines is 1. The summed E-state index contributed by atoms with van der Waals surface area (Å²) in [6, 6.07) is 4.29. The third-order valence-electron chi connectivity index (χ3n) is 2.69. The number of nitro benzene ring substituents is 1. The maximum absolute atomic E-state index is 13.5. The molecule has 0 aliphatic rings. The molecule has 0 amide bonds. The average Bonchev–Trinajstić information content (AvgIpc) is 2.40. The number of benzene rings is 1. The number of pyridine rings is 1. The number of para-hydroxylation sites is 1. The minimum atomic E-state index is -4.29. The van der Waals surface area contributed by atoms with E-state index in [4.69, 9.17) is 0 Å². The third kappa shape index (κ3) is 2.97. The van der Waals surface area contributed by atoms with Gasteiger partial charge in [-0.15, -0.1) is 0 Å². The first kappa shape index (κ1) is 14.9. The fourth-order valence-corrected chi connectivity index (χ4v) is 2.99. The Hall–Kier alpha value is -2.55. The largest absolute Gasteiger partial charge is 0.325 e. The van der Waals surface area contributed by atoms with E-state index in [1.165, 1.54) is 18.5 Å². The van der Waals surface area contributed by atoms with Crippen molar-refractivity contribution < 1.29 is 17.7 Å². The Balaban J connectivity index is 2.53. The highest BCUT2D eigenvalue weighted by Gasteiger charge is 2.29. The molecule has 2 rings (SSSR count). The molecule has 21 heavy (non-hydrogen) atoms. The number of hydrogen-bond acceptors (Lipinski definition) is 5. The van der Waals surface area contributed by atoms with Crippen LogP contribution in [0.5, 0.6) is 0 Å². The van der Waals surface area contributed by atoms with Gasteiger partial charge in [0.2, 0.25) is 5.82 Å². The van der Waals surface area contributed by atoms with Crippen LogP contribution in [0, 0.1) is 22.9 Å². The van der Waals surface area contributed by atoms with E-state index in [9.17, 15) is 22.9 Å². The molecule has 0 aliphatic carbocycles. The van der Waals surface area contributed by atoms with E-state index in [0.717, 1.165) is 18.2 Å². The third-order valence-corrected chi connectivity index (χ3v) is 4.08. The standard InChI is InChI=1S/C12H10FN3O4S/c1-8-7-14-6-5-10(8)15-21(19,20)11-4-2-3-9(13)12(11)16(17)18/h2-7H,1H3,(H,14,15). The van der Waals surface area contributed by atoms with Gasteiger partial charge in [-0.1, -0.05) is 6.07 Å². The van der Waals surface area contributed by atoms with Crippen molar-refractivity contribution in [1.29, 1.82) is 0 Å². The van der Waals surface area contributed by atoms with E-state index in [1.807, 2.05) is 0 Å². The van der Waals surface area contributed by atoms with Crippen molar-refractivity contribution >= 4 is 21.4 Å². The van der Waals surface area contributed by atoms with E-state index in [2.05, 4.69) is 9.71 Å². The van der Waals surface area contributed by atoms with Crippen molar-refractivity contribution in [3.05, 3.63) is 58.2 Å². The molecule has 0 atom stereocenters. The summed E-state index contributed by atoms with van der Waals surface area (Å²) in [6.45, 7) is 1.62. The zero-order chi connectivity index (χ0) is 15.6.